The first-order valence-corrected chi connectivity index (χ1v) is 9.33. The van der Waals surface area contributed by atoms with E-state index in [1.54, 1.807) is 19.2 Å². The Morgan fingerprint density at radius 3 is 2.25 bits per heavy atom. The van der Waals surface area contributed by atoms with Crippen LogP contribution >= 0.6 is 0 Å². The van der Waals surface area contributed by atoms with Crippen molar-refractivity contribution >= 4 is 12.3 Å². The first kappa shape index (κ1) is 21.2. The Bertz CT molecular complexity index is 780. The molecular formula is C23H26O5. The van der Waals surface area contributed by atoms with Crippen LogP contribution in [0, 0.1) is 0 Å². The highest BCUT2D eigenvalue weighted by molar-refractivity contribution is 5.81. The molecule has 0 heterocycles. The molecule has 5 heteroatoms. The van der Waals surface area contributed by atoms with Crippen LogP contribution in [0.25, 0.3) is 11.1 Å². The topological polar surface area (TPSA) is 61.8 Å². The van der Waals surface area contributed by atoms with Gasteiger partial charge in [0.05, 0.1) is 20.3 Å². The summed E-state index contributed by atoms with van der Waals surface area (Å²) in [6, 6.07) is 13.2. The summed E-state index contributed by atoms with van der Waals surface area (Å²) in [6.45, 7) is 4.38. The van der Waals surface area contributed by atoms with E-state index in [0.29, 0.717) is 30.3 Å². The van der Waals surface area contributed by atoms with Gasteiger partial charge < -0.3 is 14.2 Å². The fraction of sp³-hybridized carbons (Fsp3) is 0.304. The maximum atomic E-state index is 10.9. The number of ether oxygens (including phenoxy) is 3. The third-order valence-electron chi connectivity index (χ3n) is 4.25. The van der Waals surface area contributed by atoms with Crippen LogP contribution < -0.4 is 9.47 Å². The first-order chi connectivity index (χ1) is 13.7. The number of rotatable bonds is 12. The molecule has 148 valence electrons. The molecule has 0 fully saturated rings. The zero-order chi connectivity index (χ0) is 20.2. The molecule has 0 bridgehead atoms. The molecule has 0 aliphatic rings. The third kappa shape index (κ3) is 6.58. The molecule has 0 aromatic heterocycles. The Morgan fingerprint density at radius 1 is 0.929 bits per heavy atom. The summed E-state index contributed by atoms with van der Waals surface area (Å²) in [5.41, 5.74) is 2.65. The maximum absolute atomic E-state index is 10.9. The van der Waals surface area contributed by atoms with Gasteiger partial charge in [-0.05, 0) is 48.9 Å². The Morgan fingerprint density at radius 2 is 1.61 bits per heavy atom. The fourth-order valence-electron chi connectivity index (χ4n) is 2.69. The standard InChI is InChI=1S/C23H26O5/c1-3-23(25)28-15-7-5-4-6-14-27-21-13-12-20(16-22(21)26-2)19-10-8-18(17-24)9-11-19/h3,8-13,16-17H,1,4-7,14-15H2,2H3. The zero-order valence-corrected chi connectivity index (χ0v) is 16.2. The number of unbranched alkanes of at least 4 members (excludes halogenated alkanes) is 3. The lowest BCUT2D eigenvalue weighted by molar-refractivity contribution is -0.137. The molecule has 0 saturated heterocycles. The Balaban J connectivity index is 1.79. The van der Waals surface area contributed by atoms with E-state index >= 15 is 0 Å². The molecule has 0 N–H and O–H groups in total. The van der Waals surface area contributed by atoms with Crippen LogP contribution in [-0.2, 0) is 9.53 Å². The number of esters is 1. The second kappa shape index (κ2) is 11.6. The largest absolute Gasteiger partial charge is 0.493 e. The van der Waals surface area contributed by atoms with Crippen LogP contribution in [0.5, 0.6) is 11.5 Å². The van der Waals surface area contributed by atoms with Crippen LogP contribution in [0.15, 0.2) is 55.1 Å². The lowest BCUT2D eigenvalue weighted by Gasteiger charge is -2.12. The number of hydrogen-bond donors (Lipinski definition) is 0. The van der Waals surface area contributed by atoms with E-state index in [1.807, 2.05) is 30.3 Å². The maximum Gasteiger partial charge on any atom is 0.330 e. The number of benzene rings is 2. The molecule has 0 aliphatic carbocycles. The van der Waals surface area contributed by atoms with Gasteiger partial charge in [0.2, 0.25) is 0 Å². The quantitative estimate of drug-likeness (QED) is 0.227. The molecule has 0 aliphatic heterocycles. The van der Waals surface area contributed by atoms with Gasteiger partial charge in [0.25, 0.3) is 0 Å². The predicted molar refractivity (Wildman–Crippen MR) is 109 cm³/mol. The van der Waals surface area contributed by atoms with Crippen molar-refractivity contribution in [2.24, 2.45) is 0 Å². The molecule has 5 nitrogen and oxygen atoms in total. The monoisotopic (exact) mass is 382 g/mol. The minimum absolute atomic E-state index is 0.376. The minimum atomic E-state index is -0.376. The highest BCUT2D eigenvalue weighted by Gasteiger charge is 2.07. The van der Waals surface area contributed by atoms with Crippen molar-refractivity contribution in [3.05, 3.63) is 60.7 Å². The molecule has 0 radical (unpaired) electrons. The SMILES string of the molecule is C=CC(=O)OCCCCCCOc1ccc(-c2ccc(C=O)cc2)cc1OC. The summed E-state index contributed by atoms with van der Waals surface area (Å²) in [5.74, 6) is 1.00. The second-order valence-electron chi connectivity index (χ2n) is 6.24. The zero-order valence-electron chi connectivity index (χ0n) is 16.2. The van der Waals surface area contributed by atoms with Crippen molar-refractivity contribution in [3.63, 3.8) is 0 Å². The van der Waals surface area contributed by atoms with E-state index in [4.69, 9.17) is 14.2 Å². The number of carbonyl (C=O) groups excluding carboxylic acids is 2. The summed E-state index contributed by atoms with van der Waals surface area (Å²) in [7, 11) is 1.62. The van der Waals surface area contributed by atoms with E-state index < -0.39 is 0 Å². The molecular weight excluding hydrogens is 356 g/mol. The molecule has 0 amide bonds. The van der Waals surface area contributed by atoms with E-state index in [2.05, 4.69) is 6.58 Å². The van der Waals surface area contributed by atoms with E-state index in [-0.39, 0.29) is 5.97 Å². The van der Waals surface area contributed by atoms with Gasteiger partial charge in [-0.2, -0.15) is 0 Å². The van der Waals surface area contributed by atoms with Crippen LogP contribution in [0.1, 0.15) is 36.0 Å². The molecule has 0 atom stereocenters. The average Bonchev–Trinajstić information content (AvgIpc) is 2.75. The minimum Gasteiger partial charge on any atom is -0.493 e. The number of methoxy groups -OCH3 is 1. The Hall–Kier alpha value is -3.08. The highest BCUT2D eigenvalue weighted by Crippen LogP contribution is 2.32. The summed E-state index contributed by atoms with van der Waals surface area (Å²) < 4.78 is 16.2. The fourth-order valence-corrected chi connectivity index (χ4v) is 2.69. The summed E-state index contributed by atoms with van der Waals surface area (Å²) in [5, 5.41) is 0. The molecule has 2 aromatic carbocycles. The van der Waals surface area contributed by atoms with Crippen molar-refractivity contribution in [3.8, 4) is 22.6 Å². The van der Waals surface area contributed by atoms with Crippen LogP contribution in [0.4, 0.5) is 0 Å². The normalized spacial score (nSPS) is 10.2. The summed E-state index contributed by atoms with van der Waals surface area (Å²) in [4.78, 5) is 21.7. The van der Waals surface area contributed by atoms with Crippen molar-refractivity contribution in [2.45, 2.75) is 25.7 Å². The van der Waals surface area contributed by atoms with E-state index in [0.717, 1.165) is 43.1 Å². The average molecular weight is 382 g/mol. The Kier molecular flexibility index (Phi) is 8.79. The van der Waals surface area contributed by atoms with E-state index in [9.17, 15) is 9.59 Å². The van der Waals surface area contributed by atoms with Crippen molar-refractivity contribution in [1.82, 2.24) is 0 Å². The lowest BCUT2D eigenvalue weighted by atomic mass is 10.0. The summed E-state index contributed by atoms with van der Waals surface area (Å²) >= 11 is 0. The summed E-state index contributed by atoms with van der Waals surface area (Å²) in [6.07, 6.45) is 5.71. The predicted octanol–water partition coefficient (Wildman–Crippen LogP) is 4.84. The van der Waals surface area contributed by atoms with Gasteiger partial charge in [-0.3, -0.25) is 4.79 Å². The van der Waals surface area contributed by atoms with Gasteiger partial charge in [-0.1, -0.05) is 36.9 Å². The number of aldehydes is 1. The van der Waals surface area contributed by atoms with Crippen molar-refractivity contribution in [2.75, 3.05) is 20.3 Å². The molecule has 2 aromatic rings. The van der Waals surface area contributed by atoms with Gasteiger partial charge >= 0.3 is 5.97 Å². The van der Waals surface area contributed by atoms with Crippen LogP contribution in [0.3, 0.4) is 0 Å². The van der Waals surface area contributed by atoms with Crippen LogP contribution in [-0.4, -0.2) is 32.6 Å². The van der Waals surface area contributed by atoms with Crippen LogP contribution in [0.2, 0.25) is 0 Å². The third-order valence-corrected chi connectivity index (χ3v) is 4.25. The van der Waals surface area contributed by atoms with Gasteiger partial charge in [0.15, 0.2) is 11.5 Å². The number of carbonyl (C=O) groups is 2. The van der Waals surface area contributed by atoms with E-state index in [1.165, 1.54) is 6.08 Å². The molecule has 0 unspecified atom stereocenters. The second-order valence-corrected chi connectivity index (χ2v) is 6.24. The molecule has 2 rings (SSSR count). The van der Waals surface area contributed by atoms with Crippen molar-refractivity contribution < 1.29 is 23.8 Å². The molecule has 0 spiro atoms. The molecule has 0 saturated carbocycles. The van der Waals surface area contributed by atoms with Gasteiger partial charge in [0, 0.05) is 11.6 Å². The van der Waals surface area contributed by atoms with Gasteiger partial charge in [-0.25, -0.2) is 4.79 Å². The smallest absolute Gasteiger partial charge is 0.330 e. The lowest BCUT2D eigenvalue weighted by Crippen LogP contribution is -2.02. The number of hydrogen-bond acceptors (Lipinski definition) is 5. The van der Waals surface area contributed by atoms with Gasteiger partial charge in [-0.15, -0.1) is 0 Å². The highest BCUT2D eigenvalue weighted by atomic mass is 16.5. The van der Waals surface area contributed by atoms with Crippen molar-refractivity contribution in [1.29, 1.82) is 0 Å². The Labute approximate surface area is 165 Å². The first-order valence-electron chi connectivity index (χ1n) is 9.33. The van der Waals surface area contributed by atoms with Gasteiger partial charge in [0.1, 0.15) is 6.29 Å². The molecule has 28 heavy (non-hydrogen) atoms.